The zero-order valence-electron chi connectivity index (χ0n) is 23.1. The summed E-state index contributed by atoms with van der Waals surface area (Å²) in [4.78, 5) is 37.8. The number of aromatic nitrogens is 2. The van der Waals surface area contributed by atoms with Gasteiger partial charge in [-0.05, 0) is 70.4 Å². The van der Waals surface area contributed by atoms with Crippen LogP contribution in [0, 0.1) is 0 Å². The Morgan fingerprint density at radius 2 is 1.51 bits per heavy atom. The van der Waals surface area contributed by atoms with Crippen LogP contribution >= 0.6 is 0 Å². The minimum Gasteiger partial charge on any atom is -0.444 e. The van der Waals surface area contributed by atoms with Crippen molar-refractivity contribution in [3.05, 3.63) is 72.1 Å². The van der Waals surface area contributed by atoms with Crippen molar-refractivity contribution in [1.29, 1.82) is 0 Å². The summed E-state index contributed by atoms with van der Waals surface area (Å²) in [6.07, 6.45) is 1.95. The van der Waals surface area contributed by atoms with Gasteiger partial charge in [-0.1, -0.05) is 36.4 Å². The summed E-state index contributed by atoms with van der Waals surface area (Å²) in [5.41, 5.74) is 2.14. The summed E-state index contributed by atoms with van der Waals surface area (Å²) in [6.45, 7) is 10.5. The van der Waals surface area contributed by atoms with Crippen molar-refractivity contribution in [2.45, 2.75) is 65.3 Å². The molecule has 2 amide bonds. The van der Waals surface area contributed by atoms with E-state index in [1.54, 1.807) is 102 Å². The smallest absolute Gasteiger partial charge is 0.435 e. The fraction of sp³-hybridized carbons (Fsp3) is 0.379. The largest absolute Gasteiger partial charge is 0.444 e. The predicted molar refractivity (Wildman–Crippen MR) is 147 cm³/mol. The van der Waals surface area contributed by atoms with E-state index in [-0.39, 0.29) is 19.1 Å². The second-order valence-electron chi connectivity index (χ2n) is 11.1. The normalized spacial score (nSPS) is 12.4. The molecule has 0 saturated carbocycles. The van der Waals surface area contributed by atoms with Gasteiger partial charge in [-0.3, -0.25) is 4.79 Å². The molecule has 2 aromatic carbocycles. The number of amides is 2. The SMILES string of the molecule is CC(C)(C)OC(=O)NCC(C(=O)Nc1ccc(-c2cnn(C(=O)OC(C)(C)C)c2)cc1)c1ccc(CO)cc1. The highest BCUT2D eigenvalue weighted by atomic mass is 16.6. The molecule has 1 unspecified atom stereocenters. The van der Waals surface area contributed by atoms with E-state index in [0.29, 0.717) is 22.4 Å². The third kappa shape index (κ3) is 8.96. The van der Waals surface area contributed by atoms with E-state index in [1.165, 1.54) is 0 Å². The molecule has 1 atom stereocenters. The predicted octanol–water partition coefficient (Wildman–Crippen LogP) is 5.07. The Morgan fingerprint density at radius 3 is 2.08 bits per heavy atom. The highest BCUT2D eigenvalue weighted by Crippen LogP contribution is 2.24. The molecule has 3 aromatic rings. The molecule has 0 radical (unpaired) electrons. The van der Waals surface area contributed by atoms with Crippen LogP contribution in [0.2, 0.25) is 0 Å². The van der Waals surface area contributed by atoms with Gasteiger partial charge in [-0.2, -0.15) is 9.78 Å². The average molecular weight is 537 g/mol. The lowest BCUT2D eigenvalue weighted by Gasteiger charge is -2.22. The van der Waals surface area contributed by atoms with Crippen LogP contribution in [-0.4, -0.2) is 50.7 Å². The molecule has 3 N–H and O–H groups in total. The van der Waals surface area contributed by atoms with Crippen LogP contribution in [0.5, 0.6) is 0 Å². The molecule has 3 rings (SSSR count). The molecule has 1 heterocycles. The van der Waals surface area contributed by atoms with Crippen LogP contribution in [0.4, 0.5) is 15.3 Å². The lowest BCUT2D eigenvalue weighted by Crippen LogP contribution is -2.37. The number of carbonyl (C=O) groups is 3. The number of alkyl carbamates (subject to hydrolysis) is 1. The molecule has 0 saturated heterocycles. The van der Waals surface area contributed by atoms with Gasteiger partial charge in [0, 0.05) is 24.0 Å². The molecule has 0 fully saturated rings. The average Bonchev–Trinajstić information content (AvgIpc) is 3.33. The van der Waals surface area contributed by atoms with Gasteiger partial charge in [0.15, 0.2) is 0 Å². The number of benzene rings is 2. The Morgan fingerprint density at radius 1 is 0.897 bits per heavy atom. The maximum Gasteiger partial charge on any atom is 0.435 e. The number of hydrogen-bond donors (Lipinski definition) is 3. The van der Waals surface area contributed by atoms with E-state index in [9.17, 15) is 19.5 Å². The number of anilines is 1. The Bertz CT molecular complexity index is 1290. The molecule has 10 nitrogen and oxygen atoms in total. The second kappa shape index (κ2) is 12.1. The number of ether oxygens (including phenoxy) is 2. The van der Waals surface area contributed by atoms with Gasteiger partial charge < -0.3 is 25.2 Å². The Kier molecular flexibility index (Phi) is 9.13. The van der Waals surface area contributed by atoms with Crippen LogP contribution in [0.25, 0.3) is 11.1 Å². The Labute approximate surface area is 228 Å². The molecule has 1 aromatic heterocycles. The molecule has 10 heteroatoms. The first kappa shape index (κ1) is 29.4. The standard InChI is InChI=1S/C29H36N4O6/c1-28(2,3)38-26(36)30-16-24(21-9-7-19(18-34)8-10-21)25(35)32-23-13-11-20(12-14-23)22-15-31-33(17-22)27(37)39-29(4,5)6/h7-15,17,24,34H,16,18H2,1-6H3,(H,30,36)(H,32,35). The van der Waals surface area contributed by atoms with Crippen molar-refractivity contribution in [2.75, 3.05) is 11.9 Å². The number of aliphatic hydroxyl groups is 1. The van der Waals surface area contributed by atoms with Gasteiger partial charge in [0.25, 0.3) is 0 Å². The van der Waals surface area contributed by atoms with Gasteiger partial charge in [-0.15, -0.1) is 0 Å². The second-order valence-corrected chi connectivity index (χ2v) is 11.1. The molecular formula is C29H36N4O6. The minimum absolute atomic E-state index is 0.0150. The van der Waals surface area contributed by atoms with Crippen molar-refractivity contribution in [2.24, 2.45) is 0 Å². The summed E-state index contributed by atoms with van der Waals surface area (Å²) >= 11 is 0. The van der Waals surface area contributed by atoms with Crippen molar-refractivity contribution in [1.82, 2.24) is 15.1 Å². The third-order valence-electron chi connectivity index (χ3n) is 5.38. The van der Waals surface area contributed by atoms with Crippen LogP contribution in [-0.2, 0) is 20.9 Å². The number of aliphatic hydroxyl groups excluding tert-OH is 1. The molecule has 0 spiro atoms. The summed E-state index contributed by atoms with van der Waals surface area (Å²) in [6, 6.07) is 14.0. The van der Waals surface area contributed by atoms with Crippen molar-refractivity contribution < 1.29 is 29.0 Å². The third-order valence-corrected chi connectivity index (χ3v) is 5.38. The van der Waals surface area contributed by atoms with Crippen LogP contribution in [0.15, 0.2) is 60.9 Å². The minimum atomic E-state index is -0.711. The number of nitrogens with one attached hydrogen (secondary N) is 2. The van der Waals surface area contributed by atoms with Gasteiger partial charge in [0.05, 0.1) is 18.7 Å². The van der Waals surface area contributed by atoms with Gasteiger partial charge in [-0.25, -0.2) is 9.59 Å². The maximum absolute atomic E-state index is 13.3. The summed E-state index contributed by atoms with van der Waals surface area (Å²) in [5.74, 6) is -1.04. The molecule has 208 valence electrons. The first-order valence-corrected chi connectivity index (χ1v) is 12.6. The molecule has 0 aliphatic carbocycles. The fourth-order valence-electron chi connectivity index (χ4n) is 3.57. The maximum atomic E-state index is 13.3. The molecule has 0 bridgehead atoms. The van der Waals surface area contributed by atoms with Crippen LogP contribution in [0.1, 0.15) is 58.6 Å². The molecule has 0 aliphatic heterocycles. The lowest BCUT2D eigenvalue weighted by molar-refractivity contribution is -0.117. The Hall–Kier alpha value is -4.18. The molecular weight excluding hydrogens is 500 g/mol. The number of carbonyl (C=O) groups excluding carboxylic acids is 3. The van der Waals surface area contributed by atoms with E-state index < -0.39 is 29.3 Å². The zero-order chi connectivity index (χ0) is 28.8. The first-order chi connectivity index (χ1) is 18.2. The van der Waals surface area contributed by atoms with E-state index in [1.807, 2.05) is 0 Å². The monoisotopic (exact) mass is 536 g/mol. The summed E-state index contributed by atoms with van der Waals surface area (Å²) in [7, 11) is 0. The topological polar surface area (TPSA) is 132 Å². The molecule has 39 heavy (non-hydrogen) atoms. The highest BCUT2D eigenvalue weighted by molar-refractivity contribution is 5.96. The van der Waals surface area contributed by atoms with Crippen molar-refractivity contribution in [3.8, 4) is 11.1 Å². The van der Waals surface area contributed by atoms with E-state index in [4.69, 9.17) is 9.47 Å². The Balaban J connectivity index is 1.72. The zero-order valence-corrected chi connectivity index (χ0v) is 23.1. The fourth-order valence-corrected chi connectivity index (χ4v) is 3.57. The van der Waals surface area contributed by atoms with Gasteiger partial charge in [0.2, 0.25) is 5.91 Å². The van der Waals surface area contributed by atoms with E-state index in [0.717, 1.165) is 10.2 Å². The number of rotatable bonds is 7. The van der Waals surface area contributed by atoms with E-state index in [2.05, 4.69) is 15.7 Å². The first-order valence-electron chi connectivity index (χ1n) is 12.6. The number of nitrogens with zero attached hydrogens (tertiary/aromatic N) is 2. The summed E-state index contributed by atoms with van der Waals surface area (Å²) < 4.78 is 11.8. The molecule has 0 aliphatic rings. The number of hydrogen-bond acceptors (Lipinski definition) is 7. The van der Waals surface area contributed by atoms with Gasteiger partial charge in [0.1, 0.15) is 11.2 Å². The van der Waals surface area contributed by atoms with Crippen molar-refractivity contribution >= 4 is 23.8 Å². The van der Waals surface area contributed by atoms with Gasteiger partial charge >= 0.3 is 12.2 Å². The quantitative estimate of drug-likeness (QED) is 0.384. The van der Waals surface area contributed by atoms with Crippen LogP contribution in [0.3, 0.4) is 0 Å². The lowest BCUT2D eigenvalue weighted by atomic mass is 9.96. The van der Waals surface area contributed by atoms with E-state index >= 15 is 0 Å². The van der Waals surface area contributed by atoms with Crippen molar-refractivity contribution in [3.63, 3.8) is 0 Å². The highest BCUT2D eigenvalue weighted by Gasteiger charge is 2.24. The van der Waals surface area contributed by atoms with Crippen LogP contribution < -0.4 is 10.6 Å². The summed E-state index contributed by atoms with van der Waals surface area (Å²) in [5, 5.41) is 19.0.